The van der Waals surface area contributed by atoms with Crippen molar-refractivity contribution in [1.29, 1.82) is 0 Å². The van der Waals surface area contributed by atoms with Gasteiger partial charge in [0.15, 0.2) is 0 Å². The van der Waals surface area contributed by atoms with Gasteiger partial charge >= 0.3 is 5.97 Å². The van der Waals surface area contributed by atoms with Gasteiger partial charge in [-0.3, -0.25) is 9.59 Å². The molecule has 2 heterocycles. The maximum Gasteiger partial charge on any atom is 0.310 e. The molecule has 0 bridgehead atoms. The molecule has 98 valence electrons. The highest BCUT2D eigenvalue weighted by Crippen LogP contribution is 2.23. The Kier molecular flexibility index (Phi) is 4.01. The maximum absolute atomic E-state index is 12.2. The summed E-state index contributed by atoms with van der Waals surface area (Å²) in [5.41, 5.74) is 0. The predicted octanol–water partition coefficient (Wildman–Crippen LogP) is 1.95. The number of methoxy groups -OCH3 is 1. The standard InChI is InChI=1S/C13H17NO3S/c1-3-10-4-5-11(18-10)12(15)14-7-6-9(8-14)13(16)17-2/h4-5,9H,3,6-8H2,1-2H3. The molecule has 0 spiro atoms. The molecule has 1 fully saturated rings. The second-order valence-corrected chi connectivity index (χ2v) is 5.55. The number of esters is 1. The Hall–Kier alpha value is -1.36. The van der Waals surface area contributed by atoms with Gasteiger partial charge in [0.1, 0.15) is 0 Å². The molecular formula is C13H17NO3S. The summed E-state index contributed by atoms with van der Waals surface area (Å²) in [6.45, 7) is 3.19. The van der Waals surface area contributed by atoms with Crippen molar-refractivity contribution in [3.63, 3.8) is 0 Å². The fourth-order valence-corrected chi connectivity index (χ4v) is 3.06. The van der Waals surface area contributed by atoms with Crippen LogP contribution in [0.25, 0.3) is 0 Å². The minimum atomic E-state index is -0.217. The first kappa shape index (κ1) is 13.1. The largest absolute Gasteiger partial charge is 0.469 e. The van der Waals surface area contributed by atoms with Crippen molar-refractivity contribution < 1.29 is 14.3 Å². The number of thiophene rings is 1. The molecule has 1 aromatic rings. The van der Waals surface area contributed by atoms with E-state index in [0.717, 1.165) is 11.3 Å². The van der Waals surface area contributed by atoms with Crippen molar-refractivity contribution >= 4 is 23.2 Å². The van der Waals surface area contributed by atoms with Crippen molar-refractivity contribution in [3.8, 4) is 0 Å². The van der Waals surface area contributed by atoms with E-state index < -0.39 is 0 Å². The number of nitrogens with zero attached hydrogens (tertiary/aromatic N) is 1. The molecule has 0 aliphatic carbocycles. The van der Waals surface area contributed by atoms with E-state index in [-0.39, 0.29) is 17.8 Å². The number of ether oxygens (including phenoxy) is 1. The summed E-state index contributed by atoms with van der Waals surface area (Å²) in [5.74, 6) is -0.346. The molecule has 1 aliphatic heterocycles. The van der Waals surface area contributed by atoms with Crippen LogP contribution in [-0.2, 0) is 16.0 Å². The molecule has 1 aliphatic rings. The second-order valence-electron chi connectivity index (χ2n) is 4.38. The van der Waals surface area contributed by atoms with E-state index in [9.17, 15) is 9.59 Å². The summed E-state index contributed by atoms with van der Waals surface area (Å²) in [7, 11) is 1.39. The van der Waals surface area contributed by atoms with E-state index in [1.165, 1.54) is 23.3 Å². The van der Waals surface area contributed by atoms with Crippen LogP contribution in [0.3, 0.4) is 0 Å². The Morgan fingerprint density at radius 3 is 2.89 bits per heavy atom. The summed E-state index contributed by atoms with van der Waals surface area (Å²) in [6.07, 6.45) is 1.65. The van der Waals surface area contributed by atoms with Gasteiger partial charge in [-0.05, 0) is 25.0 Å². The Balaban J connectivity index is 2.01. The lowest BCUT2D eigenvalue weighted by atomic mass is 10.1. The van der Waals surface area contributed by atoms with Crippen LogP contribution in [0.4, 0.5) is 0 Å². The first-order chi connectivity index (χ1) is 8.65. The lowest BCUT2D eigenvalue weighted by molar-refractivity contribution is -0.144. The fourth-order valence-electron chi connectivity index (χ4n) is 2.14. The molecule has 0 aromatic carbocycles. The van der Waals surface area contributed by atoms with Crippen LogP contribution in [0.5, 0.6) is 0 Å². The van der Waals surface area contributed by atoms with Crippen molar-refractivity contribution in [2.75, 3.05) is 20.2 Å². The highest BCUT2D eigenvalue weighted by molar-refractivity contribution is 7.14. The smallest absolute Gasteiger partial charge is 0.310 e. The number of rotatable bonds is 3. The summed E-state index contributed by atoms with van der Waals surface area (Å²) in [5, 5.41) is 0. The van der Waals surface area contributed by atoms with Crippen LogP contribution in [0.2, 0.25) is 0 Å². The number of likely N-dealkylation sites (tertiary alicyclic amines) is 1. The van der Waals surface area contributed by atoms with Gasteiger partial charge in [0.05, 0.1) is 17.9 Å². The molecule has 1 aromatic heterocycles. The van der Waals surface area contributed by atoms with E-state index in [1.54, 1.807) is 4.90 Å². The molecule has 0 N–H and O–H groups in total. The Morgan fingerprint density at radius 1 is 1.50 bits per heavy atom. The summed E-state index contributed by atoms with van der Waals surface area (Å²) in [4.78, 5) is 27.3. The Labute approximate surface area is 111 Å². The SMILES string of the molecule is CCc1ccc(C(=O)N2CCC(C(=O)OC)C2)s1. The fraction of sp³-hybridized carbons (Fsp3) is 0.538. The van der Waals surface area contributed by atoms with Crippen molar-refractivity contribution in [2.24, 2.45) is 5.92 Å². The molecule has 1 atom stereocenters. The summed E-state index contributed by atoms with van der Waals surface area (Å²) in [6, 6.07) is 3.86. The minimum absolute atomic E-state index is 0.0334. The third-order valence-electron chi connectivity index (χ3n) is 3.23. The van der Waals surface area contributed by atoms with E-state index >= 15 is 0 Å². The summed E-state index contributed by atoms with van der Waals surface area (Å²) < 4.78 is 4.72. The number of carbonyl (C=O) groups is 2. The zero-order valence-corrected chi connectivity index (χ0v) is 11.5. The molecule has 0 radical (unpaired) electrons. The van der Waals surface area contributed by atoms with Crippen molar-refractivity contribution in [1.82, 2.24) is 4.90 Å². The van der Waals surface area contributed by atoms with E-state index in [4.69, 9.17) is 4.74 Å². The Morgan fingerprint density at radius 2 is 2.28 bits per heavy atom. The van der Waals surface area contributed by atoms with Gasteiger partial charge in [0.25, 0.3) is 5.91 Å². The molecular weight excluding hydrogens is 250 g/mol. The van der Waals surface area contributed by atoms with Crippen molar-refractivity contribution in [2.45, 2.75) is 19.8 Å². The van der Waals surface area contributed by atoms with Crippen LogP contribution in [-0.4, -0.2) is 37.0 Å². The van der Waals surface area contributed by atoms with Gasteiger partial charge in [-0.1, -0.05) is 6.92 Å². The second kappa shape index (κ2) is 5.52. The van der Waals surface area contributed by atoms with Crippen molar-refractivity contribution in [3.05, 3.63) is 21.9 Å². The van der Waals surface area contributed by atoms with E-state index in [2.05, 4.69) is 6.92 Å². The highest BCUT2D eigenvalue weighted by atomic mass is 32.1. The highest BCUT2D eigenvalue weighted by Gasteiger charge is 2.32. The maximum atomic E-state index is 12.2. The van der Waals surface area contributed by atoms with Crippen LogP contribution in [0.15, 0.2) is 12.1 Å². The zero-order valence-electron chi connectivity index (χ0n) is 10.6. The molecule has 1 saturated heterocycles. The molecule has 2 rings (SSSR count). The van der Waals surface area contributed by atoms with Crippen LogP contribution in [0, 0.1) is 5.92 Å². The van der Waals surface area contributed by atoms with Crippen LogP contribution >= 0.6 is 11.3 Å². The average Bonchev–Trinajstić information content (AvgIpc) is 3.05. The molecule has 5 heteroatoms. The Bertz CT molecular complexity index is 455. The first-order valence-corrected chi connectivity index (χ1v) is 6.93. The zero-order chi connectivity index (χ0) is 13.1. The van der Waals surface area contributed by atoms with Crippen LogP contribution < -0.4 is 0 Å². The lowest BCUT2D eigenvalue weighted by Crippen LogP contribution is -2.29. The summed E-state index contributed by atoms with van der Waals surface area (Å²) >= 11 is 1.54. The van der Waals surface area contributed by atoms with Gasteiger partial charge in [-0.2, -0.15) is 0 Å². The number of carbonyl (C=O) groups excluding carboxylic acids is 2. The molecule has 18 heavy (non-hydrogen) atoms. The third kappa shape index (κ3) is 2.56. The average molecular weight is 267 g/mol. The quantitative estimate of drug-likeness (QED) is 0.786. The monoisotopic (exact) mass is 267 g/mol. The van der Waals surface area contributed by atoms with Crippen LogP contribution in [0.1, 0.15) is 27.9 Å². The van der Waals surface area contributed by atoms with Gasteiger partial charge in [-0.15, -0.1) is 11.3 Å². The predicted molar refractivity (Wildman–Crippen MR) is 69.7 cm³/mol. The van der Waals surface area contributed by atoms with E-state index in [0.29, 0.717) is 19.5 Å². The third-order valence-corrected chi connectivity index (χ3v) is 4.45. The molecule has 1 unspecified atom stereocenters. The van der Waals surface area contributed by atoms with E-state index in [1.807, 2.05) is 12.1 Å². The lowest BCUT2D eigenvalue weighted by Gasteiger charge is -2.14. The minimum Gasteiger partial charge on any atom is -0.469 e. The molecule has 0 saturated carbocycles. The first-order valence-electron chi connectivity index (χ1n) is 6.11. The normalized spacial score (nSPS) is 19.0. The number of hydrogen-bond donors (Lipinski definition) is 0. The van der Waals surface area contributed by atoms with Gasteiger partial charge in [0.2, 0.25) is 0 Å². The van der Waals surface area contributed by atoms with Gasteiger partial charge in [-0.25, -0.2) is 0 Å². The van der Waals surface area contributed by atoms with Gasteiger partial charge < -0.3 is 9.64 Å². The van der Waals surface area contributed by atoms with Gasteiger partial charge in [0, 0.05) is 18.0 Å². The molecule has 1 amide bonds. The number of amides is 1. The number of aryl methyl sites for hydroxylation is 1. The topological polar surface area (TPSA) is 46.6 Å². The number of hydrogen-bond acceptors (Lipinski definition) is 4. The molecule has 4 nitrogen and oxygen atoms in total.